The Labute approximate surface area is 226 Å². The molecule has 0 N–H and O–H groups in total. The molecule has 7 heteroatoms. The highest BCUT2D eigenvalue weighted by Crippen LogP contribution is 2.71. The van der Waals surface area contributed by atoms with Gasteiger partial charge >= 0.3 is 11.9 Å². The second-order valence-electron chi connectivity index (χ2n) is 13.2. The van der Waals surface area contributed by atoms with Crippen LogP contribution < -0.4 is 0 Å². The fourth-order valence-corrected chi connectivity index (χ4v) is 8.58. The van der Waals surface area contributed by atoms with Crippen molar-refractivity contribution in [3.8, 4) is 0 Å². The third-order valence-electron chi connectivity index (χ3n) is 10.6. The van der Waals surface area contributed by atoms with E-state index in [2.05, 4.69) is 40.7 Å². The maximum absolute atomic E-state index is 12.4. The largest absolute Gasteiger partial charge is 0.462 e. The molecule has 2 heterocycles. The molecule has 38 heavy (non-hydrogen) atoms. The molecule has 9 atom stereocenters. The first kappa shape index (κ1) is 27.6. The monoisotopic (exact) mass is 528 g/mol. The van der Waals surface area contributed by atoms with E-state index in [0.29, 0.717) is 18.8 Å². The van der Waals surface area contributed by atoms with Gasteiger partial charge in [-0.15, -0.1) is 0 Å². The lowest BCUT2D eigenvalue weighted by Gasteiger charge is -2.61. The summed E-state index contributed by atoms with van der Waals surface area (Å²) in [6, 6.07) is 0. The number of fused-ring (bicyclic) bond motifs is 4. The second kappa shape index (κ2) is 9.29. The summed E-state index contributed by atoms with van der Waals surface area (Å²) < 4.78 is 26.1. The molecule has 5 aliphatic rings. The first-order valence-corrected chi connectivity index (χ1v) is 14.5. The topological polar surface area (TPSA) is 88.1 Å². The lowest BCUT2D eigenvalue weighted by molar-refractivity contribution is -0.253. The van der Waals surface area contributed by atoms with Crippen molar-refractivity contribution in [1.29, 1.82) is 0 Å². The molecule has 2 bridgehead atoms. The SMILES string of the molecule is CC(=O)O[C@H]1C[C@H]2[C@@H](CCC3=CC(=O)C=C[C@]32C)[C@]23CC[C@]([C@H](C)[C@@H](CCC(C)C)OC(C)=O)(O[C@@]12C)O3. The molecule has 0 radical (unpaired) electrons. The van der Waals surface area contributed by atoms with Gasteiger partial charge in [0, 0.05) is 31.6 Å². The molecule has 0 aromatic heterocycles. The highest BCUT2D eigenvalue weighted by molar-refractivity contribution is 6.01. The van der Waals surface area contributed by atoms with E-state index in [4.69, 9.17) is 18.9 Å². The van der Waals surface area contributed by atoms with Crippen molar-refractivity contribution in [2.75, 3.05) is 0 Å². The predicted molar refractivity (Wildman–Crippen MR) is 141 cm³/mol. The van der Waals surface area contributed by atoms with Crippen LogP contribution in [0.1, 0.15) is 93.4 Å². The molecule has 2 aliphatic heterocycles. The average molecular weight is 529 g/mol. The van der Waals surface area contributed by atoms with Gasteiger partial charge in [0.15, 0.2) is 11.6 Å². The Bertz CT molecular complexity index is 1080. The van der Waals surface area contributed by atoms with E-state index in [0.717, 1.165) is 37.7 Å². The van der Waals surface area contributed by atoms with Crippen molar-refractivity contribution >= 4 is 17.7 Å². The number of carbonyl (C=O) groups excluding carboxylic acids is 3. The number of esters is 2. The van der Waals surface area contributed by atoms with Crippen LogP contribution in [0.2, 0.25) is 0 Å². The molecule has 3 aliphatic carbocycles. The van der Waals surface area contributed by atoms with Crippen molar-refractivity contribution in [1.82, 2.24) is 0 Å². The predicted octanol–water partition coefficient (Wildman–Crippen LogP) is 5.46. The lowest BCUT2D eigenvalue weighted by atomic mass is 9.47. The maximum Gasteiger partial charge on any atom is 0.303 e. The smallest absolute Gasteiger partial charge is 0.303 e. The molecule has 0 aromatic rings. The quantitative estimate of drug-likeness (QED) is 0.406. The van der Waals surface area contributed by atoms with E-state index in [-0.39, 0.29) is 47.0 Å². The molecule has 0 unspecified atom stereocenters. The highest BCUT2D eigenvalue weighted by Gasteiger charge is 2.79. The second-order valence-corrected chi connectivity index (χ2v) is 13.2. The minimum atomic E-state index is -0.922. The summed E-state index contributed by atoms with van der Waals surface area (Å²) in [4.78, 5) is 36.7. The fraction of sp³-hybridized carbons (Fsp3) is 0.774. The van der Waals surface area contributed by atoms with Gasteiger partial charge in [0.05, 0.1) is 0 Å². The molecule has 0 amide bonds. The minimum Gasteiger partial charge on any atom is -0.462 e. The van der Waals surface area contributed by atoms with Crippen LogP contribution >= 0.6 is 0 Å². The summed E-state index contributed by atoms with van der Waals surface area (Å²) in [5.74, 6) is -0.905. The Hall–Kier alpha value is -1.99. The number of ketones is 1. The van der Waals surface area contributed by atoms with Gasteiger partial charge < -0.3 is 18.9 Å². The zero-order chi connectivity index (χ0) is 27.7. The van der Waals surface area contributed by atoms with E-state index < -0.39 is 23.1 Å². The standard InChI is InChI=1S/C31H44O7/c1-18(2)8-11-26(35-20(4)32)19(3)31-15-14-30(38-31)24-10-9-22-16-23(34)12-13-28(22,6)25(24)17-27(36-21(5)33)29(30,7)37-31/h12-13,16,18-19,24-27H,8-11,14-15,17H2,1-7H3/t19-,24-,25+,26-,27+,28-,29+,30-,31+/m1/s1. The number of hydrogen-bond acceptors (Lipinski definition) is 7. The Kier molecular flexibility index (Phi) is 6.74. The molecule has 0 aromatic carbocycles. The summed E-state index contributed by atoms with van der Waals surface area (Å²) >= 11 is 0. The molecule has 210 valence electrons. The van der Waals surface area contributed by atoms with Gasteiger partial charge in [0.25, 0.3) is 0 Å². The van der Waals surface area contributed by atoms with Crippen molar-refractivity contribution < 1.29 is 33.3 Å². The highest BCUT2D eigenvalue weighted by atomic mass is 16.8. The minimum absolute atomic E-state index is 0.0401. The zero-order valence-electron chi connectivity index (χ0n) is 24.0. The van der Waals surface area contributed by atoms with Crippen LogP contribution in [-0.4, -0.2) is 46.9 Å². The van der Waals surface area contributed by atoms with Gasteiger partial charge in [0.1, 0.15) is 23.4 Å². The summed E-state index contributed by atoms with van der Waals surface area (Å²) in [5.41, 5.74) is -0.594. The summed E-state index contributed by atoms with van der Waals surface area (Å²) in [6.45, 7) is 13.6. The van der Waals surface area contributed by atoms with Gasteiger partial charge in [-0.25, -0.2) is 0 Å². The molecule has 5 rings (SSSR count). The van der Waals surface area contributed by atoms with Gasteiger partial charge in [0.2, 0.25) is 0 Å². The van der Waals surface area contributed by atoms with E-state index >= 15 is 0 Å². The normalized spacial score (nSPS) is 42.6. The Morgan fingerprint density at radius 2 is 1.79 bits per heavy atom. The van der Waals surface area contributed by atoms with Gasteiger partial charge in [-0.05, 0) is 75.4 Å². The van der Waals surface area contributed by atoms with Crippen LogP contribution in [0.5, 0.6) is 0 Å². The van der Waals surface area contributed by atoms with Crippen molar-refractivity contribution in [2.24, 2.45) is 29.1 Å². The Balaban J connectivity index is 1.54. The molecule has 2 saturated heterocycles. The van der Waals surface area contributed by atoms with Gasteiger partial charge in [-0.2, -0.15) is 0 Å². The van der Waals surface area contributed by atoms with Crippen LogP contribution in [0.3, 0.4) is 0 Å². The number of carbonyl (C=O) groups is 3. The van der Waals surface area contributed by atoms with Gasteiger partial charge in [-0.1, -0.05) is 39.3 Å². The van der Waals surface area contributed by atoms with E-state index in [1.54, 1.807) is 12.2 Å². The summed E-state index contributed by atoms with van der Waals surface area (Å²) in [7, 11) is 0. The molecule has 7 nitrogen and oxygen atoms in total. The lowest BCUT2D eigenvalue weighted by Crippen LogP contribution is -2.69. The van der Waals surface area contributed by atoms with Crippen LogP contribution in [0.4, 0.5) is 0 Å². The Morgan fingerprint density at radius 1 is 1.05 bits per heavy atom. The summed E-state index contributed by atoms with van der Waals surface area (Å²) in [5, 5.41) is 0. The maximum atomic E-state index is 12.4. The molecule has 1 spiro atoms. The van der Waals surface area contributed by atoms with Crippen LogP contribution in [-0.2, 0) is 33.3 Å². The zero-order valence-corrected chi connectivity index (χ0v) is 24.0. The Morgan fingerprint density at radius 3 is 2.45 bits per heavy atom. The van der Waals surface area contributed by atoms with Crippen molar-refractivity contribution in [3.05, 3.63) is 23.8 Å². The molecular formula is C31H44O7. The van der Waals surface area contributed by atoms with Crippen molar-refractivity contribution in [2.45, 2.75) is 123 Å². The third-order valence-corrected chi connectivity index (χ3v) is 10.6. The number of allylic oxidation sites excluding steroid dienone is 4. The van der Waals surface area contributed by atoms with E-state index in [1.165, 1.54) is 13.8 Å². The fourth-order valence-electron chi connectivity index (χ4n) is 8.58. The van der Waals surface area contributed by atoms with E-state index in [9.17, 15) is 14.4 Å². The average Bonchev–Trinajstić information content (AvgIpc) is 3.34. The van der Waals surface area contributed by atoms with Crippen molar-refractivity contribution in [3.63, 3.8) is 0 Å². The molecule has 4 fully saturated rings. The first-order chi connectivity index (χ1) is 17.8. The number of rotatable bonds is 7. The van der Waals surface area contributed by atoms with Crippen LogP contribution in [0.15, 0.2) is 23.8 Å². The van der Waals surface area contributed by atoms with Crippen LogP contribution in [0.25, 0.3) is 0 Å². The molecular weight excluding hydrogens is 484 g/mol. The molecule has 2 saturated carbocycles. The number of ether oxygens (including phenoxy) is 4. The third kappa shape index (κ3) is 4.02. The number of hydrogen-bond donors (Lipinski definition) is 0. The first-order valence-electron chi connectivity index (χ1n) is 14.5. The van der Waals surface area contributed by atoms with Crippen LogP contribution in [0, 0.1) is 29.1 Å². The van der Waals surface area contributed by atoms with E-state index in [1.807, 2.05) is 0 Å². The summed E-state index contributed by atoms with van der Waals surface area (Å²) in [6.07, 6.45) is 10.3. The van der Waals surface area contributed by atoms with Gasteiger partial charge in [-0.3, -0.25) is 14.4 Å².